The Morgan fingerprint density at radius 1 is 1.31 bits per heavy atom. The molecule has 1 nitrogen and oxygen atoms in total. The van der Waals surface area contributed by atoms with Gasteiger partial charge in [-0.3, -0.25) is 0 Å². The standard InChI is InChI=1S/C10H12F2N/c1-3-10(2,13)7-4-8(11)6-9(12)5-7/h4-6H,2-3,13H2,1H3. The molecule has 1 rings (SSSR count). The van der Waals surface area contributed by atoms with Crippen molar-refractivity contribution in [1.29, 1.82) is 0 Å². The Labute approximate surface area is 76.6 Å². The van der Waals surface area contributed by atoms with Crippen LogP contribution in [0.15, 0.2) is 18.2 Å². The fraction of sp³-hybridized carbons (Fsp3) is 0.300. The zero-order valence-electron chi connectivity index (χ0n) is 7.48. The van der Waals surface area contributed by atoms with Gasteiger partial charge in [0.2, 0.25) is 0 Å². The Hall–Kier alpha value is -0.960. The molecule has 0 aromatic heterocycles. The van der Waals surface area contributed by atoms with E-state index < -0.39 is 17.2 Å². The Bertz CT molecular complexity index is 288. The van der Waals surface area contributed by atoms with Gasteiger partial charge in [0.15, 0.2) is 0 Å². The number of rotatable bonds is 2. The van der Waals surface area contributed by atoms with Crippen molar-refractivity contribution in [2.45, 2.75) is 18.9 Å². The van der Waals surface area contributed by atoms with Crippen LogP contribution in [-0.4, -0.2) is 0 Å². The summed E-state index contributed by atoms with van der Waals surface area (Å²) < 4.78 is 25.5. The van der Waals surface area contributed by atoms with E-state index in [2.05, 4.69) is 6.92 Å². The molecule has 0 aliphatic rings. The molecule has 0 saturated heterocycles. The molecule has 71 valence electrons. The molecule has 0 amide bonds. The van der Waals surface area contributed by atoms with E-state index in [1.54, 1.807) is 0 Å². The largest absolute Gasteiger partial charge is 0.321 e. The van der Waals surface area contributed by atoms with E-state index in [1.165, 1.54) is 12.1 Å². The molecular weight excluding hydrogens is 172 g/mol. The zero-order chi connectivity index (χ0) is 10.1. The first-order valence-corrected chi connectivity index (χ1v) is 4.06. The molecule has 1 aromatic carbocycles. The molecule has 0 aliphatic heterocycles. The molecule has 0 aliphatic carbocycles. The summed E-state index contributed by atoms with van der Waals surface area (Å²) in [6.07, 6.45) is 0.524. The van der Waals surface area contributed by atoms with Gasteiger partial charge in [-0.2, -0.15) is 0 Å². The lowest BCUT2D eigenvalue weighted by molar-refractivity contribution is 0.515. The van der Waals surface area contributed by atoms with Gasteiger partial charge in [0.05, 0.1) is 0 Å². The predicted molar refractivity (Wildman–Crippen MR) is 47.9 cm³/mol. The predicted octanol–water partition coefficient (Wildman–Crippen LogP) is 2.36. The molecule has 0 bridgehead atoms. The van der Waals surface area contributed by atoms with Gasteiger partial charge in [0, 0.05) is 11.6 Å². The summed E-state index contributed by atoms with van der Waals surface area (Å²) in [5.41, 5.74) is 5.20. The smallest absolute Gasteiger partial charge is 0.126 e. The average molecular weight is 184 g/mol. The number of hydrogen-bond acceptors (Lipinski definition) is 1. The van der Waals surface area contributed by atoms with E-state index in [1.807, 2.05) is 6.92 Å². The van der Waals surface area contributed by atoms with Crippen molar-refractivity contribution in [3.05, 3.63) is 42.3 Å². The SMILES string of the molecule is [CH2]C(N)(CC)c1cc(F)cc(F)c1. The number of benzene rings is 1. The number of halogens is 2. The molecule has 13 heavy (non-hydrogen) atoms. The van der Waals surface area contributed by atoms with Crippen molar-refractivity contribution in [3.8, 4) is 0 Å². The van der Waals surface area contributed by atoms with Gasteiger partial charge >= 0.3 is 0 Å². The first kappa shape index (κ1) is 10.1. The van der Waals surface area contributed by atoms with Gasteiger partial charge in [0.25, 0.3) is 0 Å². The third-order valence-corrected chi connectivity index (χ3v) is 2.07. The van der Waals surface area contributed by atoms with Crippen molar-refractivity contribution < 1.29 is 8.78 Å². The third-order valence-electron chi connectivity index (χ3n) is 2.07. The molecule has 0 spiro atoms. The molecule has 0 heterocycles. The molecule has 1 atom stereocenters. The number of nitrogens with two attached hydrogens (primary N) is 1. The maximum atomic E-state index is 12.8. The first-order valence-electron chi connectivity index (χ1n) is 4.06. The third kappa shape index (κ3) is 2.25. The topological polar surface area (TPSA) is 26.0 Å². The van der Waals surface area contributed by atoms with E-state index in [0.717, 1.165) is 6.07 Å². The monoisotopic (exact) mass is 184 g/mol. The van der Waals surface area contributed by atoms with Crippen molar-refractivity contribution in [3.63, 3.8) is 0 Å². The average Bonchev–Trinajstić information content (AvgIpc) is 2.02. The lowest BCUT2D eigenvalue weighted by Crippen LogP contribution is -2.32. The maximum Gasteiger partial charge on any atom is 0.126 e. The summed E-state index contributed by atoms with van der Waals surface area (Å²) in [5.74, 6) is -1.25. The van der Waals surface area contributed by atoms with Crippen molar-refractivity contribution >= 4 is 0 Å². The van der Waals surface area contributed by atoms with E-state index >= 15 is 0 Å². The minimum Gasteiger partial charge on any atom is -0.321 e. The van der Waals surface area contributed by atoms with Gasteiger partial charge in [-0.1, -0.05) is 6.92 Å². The highest BCUT2D eigenvalue weighted by Gasteiger charge is 2.20. The van der Waals surface area contributed by atoms with Gasteiger partial charge in [-0.15, -0.1) is 0 Å². The maximum absolute atomic E-state index is 12.8. The normalized spacial score (nSPS) is 15.5. The molecule has 1 radical (unpaired) electrons. The molecule has 1 aromatic rings. The van der Waals surface area contributed by atoms with Crippen LogP contribution in [0.1, 0.15) is 18.9 Å². The summed E-state index contributed by atoms with van der Waals surface area (Å²) in [6, 6.07) is 3.23. The quantitative estimate of drug-likeness (QED) is 0.750. The van der Waals surface area contributed by atoms with Crippen LogP contribution >= 0.6 is 0 Å². The lowest BCUT2D eigenvalue weighted by atomic mass is 9.90. The van der Waals surface area contributed by atoms with E-state index in [0.29, 0.717) is 12.0 Å². The van der Waals surface area contributed by atoms with Crippen LogP contribution in [-0.2, 0) is 5.54 Å². The van der Waals surface area contributed by atoms with Crippen LogP contribution < -0.4 is 5.73 Å². The van der Waals surface area contributed by atoms with Crippen molar-refractivity contribution in [1.82, 2.24) is 0 Å². The van der Waals surface area contributed by atoms with Crippen LogP contribution in [0.3, 0.4) is 0 Å². The van der Waals surface area contributed by atoms with E-state index in [4.69, 9.17) is 5.73 Å². The zero-order valence-corrected chi connectivity index (χ0v) is 7.48. The van der Waals surface area contributed by atoms with Gasteiger partial charge in [-0.05, 0) is 31.0 Å². The van der Waals surface area contributed by atoms with E-state index in [9.17, 15) is 8.78 Å². The Kier molecular flexibility index (Phi) is 2.66. The lowest BCUT2D eigenvalue weighted by Gasteiger charge is -2.23. The number of hydrogen-bond donors (Lipinski definition) is 1. The Morgan fingerprint density at radius 2 is 1.77 bits per heavy atom. The second kappa shape index (κ2) is 3.42. The minimum absolute atomic E-state index is 0.382. The minimum atomic E-state index is -0.914. The summed E-state index contributed by atoms with van der Waals surface area (Å²) in [5, 5.41) is 0. The van der Waals surface area contributed by atoms with Gasteiger partial charge in [-0.25, -0.2) is 8.78 Å². The van der Waals surface area contributed by atoms with Crippen LogP contribution in [0.4, 0.5) is 8.78 Å². The summed E-state index contributed by atoms with van der Waals surface area (Å²) in [7, 11) is 0. The van der Waals surface area contributed by atoms with Crippen molar-refractivity contribution in [2.24, 2.45) is 5.73 Å². The van der Waals surface area contributed by atoms with Gasteiger partial charge in [0.1, 0.15) is 11.6 Å². The summed E-state index contributed by atoms with van der Waals surface area (Å²) in [6.45, 7) is 5.50. The molecule has 1 unspecified atom stereocenters. The van der Waals surface area contributed by atoms with Crippen LogP contribution in [0.25, 0.3) is 0 Å². The Morgan fingerprint density at radius 3 is 2.15 bits per heavy atom. The summed E-state index contributed by atoms with van der Waals surface area (Å²) in [4.78, 5) is 0. The molecule has 3 heteroatoms. The highest BCUT2D eigenvalue weighted by Crippen LogP contribution is 2.22. The highest BCUT2D eigenvalue weighted by atomic mass is 19.1. The molecule has 0 saturated carbocycles. The van der Waals surface area contributed by atoms with Gasteiger partial charge < -0.3 is 5.73 Å². The molecule has 2 N–H and O–H groups in total. The molecular formula is C10H12F2N. The van der Waals surface area contributed by atoms with Crippen LogP contribution in [0.5, 0.6) is 0 Å². The first-order chi connectivity index (χ1) is 5.95. The fourth-order valence-corrected chi connectivity index (χ4v) is 1.05. The van der Waals surface area contributed by atoms with Crippen LogP contribution in [0.2, 0.25) is 0 Å². The second-order valence-electron chi connectivity index (χ2n) is 3.17. The molecule has 0 fully saturated rings. The Balaban J connectivity index is 3.15. The fourth-order valence-electron chi connectivity index (χ4n) is 1.05. The second-order valence-corrected chi connectivity index (χ2v) is 3.17. The van der Waals surface area contributed by atoms with Crippen LogP contribution in [0, 0.1) is 18.6 Å². The summed E-state index contributed by atoms with van der Waals surface area (Å²) >= 11 is 0. The highest BCUT2D eigenvalue weighted by molar-refractivity contribution is 5.26. The van der Waals surface area contributed by atoms with E-state index in [-0.39, 0.29) is 0 Å². The van der Waals surface area contributed by atoms with Crippen molar-refractivity contribution in [2.75, 3.05) is 0 Å².